The first-order valence-corrected chi connectivity index (χ1v) is 13.3. The lowest BCUT2D eigenvalue weighted by Crippen LogP contribution is -2.49. The second-order valence-corrected chi connectivity index (χ2v) is 10.5. The summed E-state index contributed by atoms with van der Waals surface area (Å²) in [5.74, 6) is -0.101. The van der Waals surface area contributed by atoms with Gasteiger partial charge in [0.25, 0.3) is 5.56 Å². The predicted octanol–water partition coefficient (Wildman–Crippen LogP) is 0.585. The summed E-state index contributed by atoms with van der Waals surface area (Å²) in [5.41, 5.74) is 3.34. The standard InChI is InChI=1S/C25H29N7O4S/c1-16-3-6-21(17(2)13-16)37(36)25-23-27-24(35)19-5-4-18(14-20(19)32(23)29-28-25)31-10-8-30(9-11-31)15-22(34)26-7-12-33/h3-6,13-14,29,33H,7-12,15H2,1-2H3,(H,26,34). The quantitative estimate of drug-likeness (QED) is 0.320. The number of nitrogens with one attached hydrogen (secondary N) is 2. The number of rotatable bonds is 7. The third-order valence-electron chi connectivity index (χ3n) is 6.56. The normalized spacial score (nSPS) is 15.4. The topological polar surface area (TPSA) is 136 Å². The van der Waals surface area contributed by atoms with E-state index in [4.69, 9.17) is 5.11 Å². The summed E-state index contributed by atoms with van der Waals surface area (Å²) in [5, 5.41) is 19.4. The van der Waals surface area contributed by atoms with E-state index in [2.05, 4.69) is 30.4 Å². The molecule has 12 heteroatoms. The number of hydrogen-bond donors (Lipinski definition) is 3. The van der Waals surface area contributed by atoms with Crippen LogP contribution < -0.4 is 15.8 Å². The molecule has 1 aliphatic rings. The number of aryl methyl sites for hydroxylation is 2. The van der Waals surface area contributed by atoms with Crippen molar-refractivity contribution in [2.75, 3.05) is 50.8 Å². The van der Waals surface area contributed by atoms with E-state index >= 15 is 0 Å². The van der Waals surface area contributed by atoms with Gasteiger partial charge in [0.2, 0.25) is 5.91 Å². The first kappa shape index (κ1) is 25.1. The summed E-state index contributed by atoms with van der Waals surface area (Å²) >= 11 is 0. The van der Waals surface area contributed by atoms with Crippen molar-refractivity contribution in [3.05, 3.63) is 57.9 Å². The Labute approximate surface area is 215 Å². The Morgan fingerprint density at radius 3 is 2.65 bits per heavy atom. The molecule has 4 aromatic rings. The number of aliphatic hydroxyl groups is 1. The molecule has 0 bridgehead atoms. The maximum absolute atomic E-state index is 13.4. The van der Waals surface area contributed by atoms with Gasteiger partial charge in [0, 0.05) is 43.3 Å². The molecule has 0 spiro atoms. The van der Waals surface area contributed by atoms with Crippen LogP contribution in [0.1, 0.15) is 11.1 Å². The number of H-pyrrole nitrogens is 1. The Kier molecular flexibility index (Phi) is 7.04. The van der Waals surface area contributed by atoms with Gasteiger partial charge in [-0.3, -0.25) is 14.5 Å². The number of piperazine rings is 1. The fourth-order valence-corrected chi connectivity index (χ4v) is 5.83. The zero-order chi connectivity index (χ0) is 26.1. The van der Waals surface area contributed by atoms with Crippen molar-refractivity contribution in [2.45, 2.75) is 23.8 Å². The molecular weight excluding hydrogens is 494 g/mol. The molecule has 1 aliphatic heterocycles. The van der Waals surface area contributed by atoms with Gasteiger partial charge >= 0.3 is 0 Å². The van der Waals surface area contributed by atoms with Gasteiger partial charge in [0.15, 0.2) is 10.7 Å². The third-order valence-corrected chi connectivity index (χ3v) is 8.04. The highest BCUT2D eigenvalue weighted by Gasteiger charge is 2.22. The second kappa shape index (κ2) is 10.4. The molecule has 0 aliphatic carbocycles. The van der Waals surface area contributed by atoms with Crippen molar-refractivity contribution >= 4 is 38.9 Å². The molecule has 0 saturated carbocycles. The molecule has 3 N–H and O–H groups in total. The lowest BCUT2D eigenvalue weighted by molar-refractivity contribution is -0.122. The number of fused-ring (bicyclic) bond motifs is 3. The maximum atomic E-state index is 13.4. The van der Waals surface area contributed by atoms with Gasteiger partial charge in [-0.25, -0.2) is 13.9 Å². The van der Waals surface area contributed by atoms with Gasteiger partial charge < -0.3 is 15.3 Å². The number of aliphatic hydroxyl groups excluding tert-OH is 1. The summed E-state index contributed by atoms with van der Waals surface area (Å²) < 4.78 is 15.0. The Bertz CT molecular complexity index is 1560. The molecule has 1 atom stereocenters. The number of aromatic nitrogens is 4. The fourth-order valence-electron chi connectivity index (χ4n) is 4.65. The van der Waals surface area contributed by atoms with Gasteiger partial charge in [-0.1, -0.05) is 17.7 Å². The van der Waals surface area contributed by atoms with E-state index in [9.17, 15) is 13.8 Å². The van der Waals surface area contributed by atoms with Crippen LogP contribution in [0.25, 0.3) is 16.6 Å². The minimum Gasteiger partial charge on any atom is -0.395 e. The van der Waals surface area contributed by atoms with Crippen LogP contribution in [0.3, 0.4) is 0 Å². The number of nitrogens with zero attached hydrogens (tertiary/aromatic N) is 5. The minimum absolute atomic E-state index is 0.0767. The van der Waals surface area contributed by atoms with Crippen molar-refractivity contribution in [2.24, 2.45) is 0 Å². The first-order valence-electron chi connectivity index (χ1n) is 12.1. The highest BCUT2D eigenvalue weighted by molar-refractivity contribution is 7.85. The van der Waals surface area contributed by atoms with Crippen LogP contribution in [0.4, 0.5) is 5.69 Å². The summed E-state index contributed by atoms with van der Waals surface area (Å²) in [6.07, 6.45) is 0. The maximum Gasteiger partial charge on any atom is 0.281 e. The minimum atomic E-state index is -1.61. The van der Waals surface area contributed by atoms with Crippen molar-refractivity contribution < 1.29 is 14.1 Å². The van der Waals surface area contributed by atoms with Crippen molar-refractivity contribution in [3.63, 3.8) is 0 Å². The lowest BCUT2D eigenvalue weighted by Gasteiger charge is -2.35. The fraction of sp³-hybridized carbons (Fsp3) is 0.360. The molecule has 1 saturated heterocycles. The molecule has 0 radical (unpaired) electrons. The molecule has 194 valence electrons. The van der Waals surface area contributed by atoms with Crippen LogP contribution in [-0.4, -0.2) is 85.8 Å². The highest BCUT2D eigenvalue weighted by atomic mass is 32.2. The van der Waals surface area contributed by atoms with Crippen LogP contribution in [0.2, 0.25) is 0 Å². The summed E-state index contributed by atoms with van der Waals surface area (Å²) in [4.78, 5) is 33.9. The van der Waals surface area contributed by atoms with E-state index in [-0.39, 0.29) is 29.7 Å². The second-order valence-electron chi connectivity index (χ2n) is 9.17. The van der Waals surface area contributed by atoms with E-state index < -0.39 is 16.4 Å². The molecule has 2 aromatic heterocycles. The number of benzene rings is 2. The van der Waals surface area contributed by atoms with E-state index in [1.165, 1.54) is 0 Å². The third kappa shape index (κ3) is 4.99. The van der Waals surface area contributed by atoms with E-state index in [0.29, 0.717) is 48.5 Å². The number of carbonyl (C=O) groups is 1. The van der Waals surface area contributed by atoms with E-state index in [0.717, 1.165) is 16.8 Å². The molecule has 1 amide bonds. The van der Waals surface area contributed by atoms with Gasteiger partial charge in [-0.15, -0.1) is 5.10 Å². The van der Waals surface area contributed by atoms with Gasteiger partial charge in [-0.05, 0) is 43.7 Å². The van der Waals surface area contributed by atoms with Gasteiger partial charge in [-0.2, -0.15) is 4.98 Å². The van der Waals surface area contributed by atoms with Crippen molar-refractivity contribution in [3.8, 4) is 0 Å². The number of anilines is 1. The molecule has 3 heterocycles. The number of carbonyl (C=O) groups excluding carboxylic acids is 1. The number of hydrogen-bond acceptors (Lipinski definition) is 8. The Morgan fingerprint density at radius 2 is 1.92 bits per heavy atom. The van der Waals surface area contributed by atoms with Crippen molar-refractivity contribution in [1.29, 1.82) is 0 Å². The monoisotopic (exact) mass is 523 g/mol. The summed E-state index contributed by atoms with van der Waals surface area (Å²) in [6, 6.07) is 11.2. The van der Waals surface area contributed by atoms with Gasteiger partial charge in [0.05, 0.1) is 24.1 Å². The molecular formula is C25H29N7O4S. The predicted molar refractivity (Wildman–Crippen MR) is 140 cm³/mol. The lowest BCUT2D eigenvalue weighted by atomic mass is 10.2. The molecule has 37 heavy (non-hydrogen) atoms. The van der Waals surface area contributed by atoms with Crippen LogP contribution in [-0.2, 0) is 15.6 Å². The Balaban J connectivity index is 1.42. The largest absolute Gasteiger partial charge is 0.395 e. The zero-order valence-corrected chi connectivity index (χ0v) is 21.5. The SMILES string of the molecule is Cc1ccc(S(=O)c2n[nH]n3c2nc(=O)c2ccc(N4CCN(CC(=O)NCCO)CC4)cc23)c(C)c1. The number of aromatic amines is 1. The van der Waals surface area contributed by atoms with Crippen molar-refractivity contribution in [1.82, 2.24) is 30.0 Å². The highest BCUT2D eigenvalue weighted by Crippen LogP contribution is 2.25. The Morgan fingerprint density at radius 1 is 1.14 bits per heavy atom. The summed E-state index contributed by atoms with van der Waals surface area (Å²) in [7, 11) is -1.61. The smallest absolute Gasteiger partial charge is 0.281 e. The van der Waals surface area contributed by atoms with Crippen LogP contribution in [0, 0.1) is 13.8 Å². The zero-order valence-electron chi connectivity index (χ0n) is 20.7. The van der Waals surface area contributed by atoms with Crippen LogP contribution >= 0.6 is 0 Å². The van der Waals surface area contributed by atoms with Crippen LogP contribution in [0.5, 0.6) is 0 Å². The van der Waals surface area contributed by atoms with E-state index in [1.54, 1.807) is 10.6 Å². The number of amides is 1. The molecule has 11 nitrogen and oxygen atoms in total. The molecule has 2 aromatic carbocycles. The molecule has 1 fully saturated rings. The first-order chi connectivity index (χ1) is 17.9. The van der Waals surface area contributed by atoms with Gasteiger partial charge in [0.1, 0.15) is 10.8 Å². The van der Waals surface area contributed by atoms with Crippen LogP contribution in [0.15, 0.2) is 51.1 Å². The molecule has 1 unspecified atom stereocenters. The average molecular weight is 524 g/mol. The molecule has 5 rings (SSSR count). The van der Waals surface area contributed by atoms with E-state index in [1.807, 2.05) is 44.2 Å². The Hall–Kier alpha value is -3.61. The average Bonchev–Trinajstić information content (AvgIpc) is 3.31. The summed E-state index contributed by atoms with van der Waals surface area (Å²) in [6.45, 7) is 7.20.